The summed E-state index contributed by atoms with van der Waals surface area (Å²) in [5.74, 6) is 4.59. The number of nitrogens with zero attached hydrogens (tertiary/aromatic N) is 3. The molecule has 7 nitrogen and oxygen atoms in total. The van der Waals surface area contributed by atoms with Crippen molar-refractivity contribution < 1.29 is 32.6 Å². The minimum atomic E-state index is -4.93. The Kier molecular flexibility index (Phi) is 11.3. The molecule has 0 aliphatic carbocycles. The Hall–Kier alpha value is -3.33. The predicted octanol–water partition coefficient (Wildman–Crippen LogP) is 5.85. The van der Waals surface area contributed by atoms with Crippen LogP contribution in [0.15, 0.2) is 48.5 Å². The van der Waals surface area contributed by atoms with Gasteiger partial charge < -0.3 is 24.5 Å². The van der Waals surface area contributed by atoms with Gasteiger partial charge in [0.2, 0.25) is 5.91 Å². The lowest BCUT2D eigenvalue weighted by molar-refractivity contribution is -0.142. The molecule has 246 valence electrons. The third-order valence-corrected chi connectivity index (χ3v) is 8.76. The molecule has 46 heavy (non-hydrogen) atoms. The number of hydrogen-bond acceptors (Lipinski definition) is 5. The van der Waals surface area contributed by atoms with E-state index in [1.807, 2.05) is 18.7 Å². The number of alkyl halides is 3. The van der Waals surface area contributed by atoms with Gasteiger partial charge in [-0.2, -0.15) is 13.2 Å². The second-order valence-electron chi connectivity index (χ2n) is 11.1. The average molecular weight is 679 g/mol. The van der Waals surface area contributed by atoms with Gasteiger partial charge in [0, 0.05) is 60.7 Å². The second-order valence-corrected chi connectivity index (χ2v) is 11.5. The highest BCUT2D eigenvalue weighted by atomic mass is 35.5. The van der Waals surface area contributed by atoms with Crippen molar-refractivity contribution in [2.24, 2.45) is 0 Å². The topological polar surface area (TPSA) is 73.3 Å². The number of likely N-dealkylation sites (N-methyl/N-ethyl adjacent to an activating group) is 1. The number of halogens is 5. The number of fused-ring (bicyclic) bond motifs is 2. The highest BCUT2D eigenvalue weighted by molar-refractivity contribution is 6.33. The van der Waals surface area contributed by atoms with Gasteiger partial charge in [-0.05, 0) is 48.1 Å². The molecule has 3 aromatic rings. The number of aliphatic hydroxyl groups is 1. The van der Waals surface area contributed by atoms with Gasteiger partial charge in [-0.3, -0.25) is 9.59 Å². The Morgan fingerprint density at radius 1 is 1.09 bits per heavy atom. The zero-order chi connectivity index (χ0) is 32.4. The third kappa shape index (κ3) is 6.99. The zero-order valence-corrected chi connectivity index (χ0v) is 27.2. The van der Waals surface area contributed by atoms with E-state index in [0.29, 0.717) is 56.7 Å². The van der Waals surface area contributed by atoms with Gasteiger partial charge in [-0.25, -0.2) is 0 Å². The van der Waals surface area contributed by atoms with Crippen LogP contribution in [0.4, 0.5) is 18.9 Å². The first kappa shape index (κ1) is 35.5. The van der Waals surface area contributed by atoms with Gasteiger partial charge >= 0.3 is 6.18 Å². The summed E-state index contributed by atoms with van der Waals surface area (Å²) in [4.78, 5) is 31.6. The fraction of sp³-hybridized carbons (Fsp3) is 0.412. The van der Waals surface area contributed by atoms with Crippen LogP contribution in [0.25, 0.3) is 10.8 Å². The fourth-order valence-corrected chi connectivity index (χ4v) is 6.28. The van der Waals surface area contributed by atoms with Crippen molar-refractivity contribution in [3.63, 3.8) is 0 Å². The summed E-state index contributed by atoms with van der Waals surface area (Å²) in [6.07, 6.45) is -4.66. The van der Waals surface area contributed by atoms with Crippen LogP contribution in [-0.2, 0) is 26.1 Å². The highest BCUT2D eigenvalue weighted by Crippen LogP contribution is 2.52. The number of carbonyl (C=O) groups is 2. The molecule has 1 fully saturated rings. The number of rotatable bonds is 8. The fourth-order valence-electron chi connectivity index (χ4n) is 5.98. The molecule has 2 heterocycles. The van der Waals surface area contributed by atoms with Crippen molar-refractivity contribution in [3.05, 3.63) is 75.8 Å². The van der Waals surface area contributed by atoms with Crippen LogP contribution in [0, 0.1) is 11.8 Å². The van der Waals surface area contributed by atoms with E-state index in [2.05, 4.69) is 11.8 Å². The van der Waals surface area contributed by atoms with Crippen molar-refractivity contribution >= 4 is 52.3 Å². The van der Waals surface area contributed by atoms with Gasteiger partial charge in [0.15, 0.2) is 5.60 Å². The maximum absolute atomic E-state index is 14.8. The van der Waals surface area contributed by atoms with Crippen LogP contribution >= 0.6 is 24.0 Å². The third-order valence-electron chi connectivity index (χ3n) is 8.45. The summed E-state index contributed by atoms with van der Waals surface area (Å²) < 4.78 is 49.7. The van der Waals surface area contributed by atoms with Gasteiger partial charge in [0.25, 0.3) is 5.91 Å². The molecular formula is C34H36Cl2F3N3O4. The van der Waals surface area contributed by atoms with Crippen LogP contribution in [-0.4, -0.2) is 79.2 Å². The number of benzene rings is 3. The molecule has 0 aromatic heterocycles. The molecule has 2 aliphatic heterocycles. The molecule has 0 saturated carbocycles. The molecule has 1 saturated heterocycles. The highest BCUT2D eigenvalue weighted by Gasteiger charge is 2.56. The number of amides is 2. The largest absolute Gasteiger partial charge is 0.416 e. The van der Waals surface area contributed by atoms with E-state index < -0.39 is 28.8 Å². The van der Waals surface area contributed by atoms with Gasteiger partial charge in [-0.1, -0.05) is 61.6 Å². The molecule has 1 atom stereocenters. The molecular weight excluding hydrogens is 642 g/mol. The quantitative estimate of drug-likeness (QED) is 0.303. The Bertz CT molecular complexity index is 1660. The van der Waals surface area contributed by atoms with Crippen molar-refractivity contribution in [1.29, 1.82) is 0 Å². The van der Waals surface area contributed by atoms with Crippen molar-refractivity contribution in [2.75, 3.05) is 57.4 Å². The standard InChI is InChI=1S/C34H35ClF3N3O4.ClH/c1-3-39(4-2)13-14-41-29-20-23(9-5-8-12-30(42)40-15-17-45-18-16-40)19-27(34(36,37)38)31(29)33(44,32(41)43)26-21-24-10-6-7-11-25(24)22-28(26)35;/h6-7,10-11,19-22,44H,3-4,8,12-18H2,1-2H3;1H. The lowest BCUT2D eigenvalue weighted by atomic mass is 9.83. The number of hydrogen-bond donors (Lipinski definition) is 1. The first-order valence-electron chi connectivity index (χ1n) is 15.0. The van der Waals surface area contributed by atoms with E-state index in [4.69, 9.17) is 16.3 Å². The SMILES string of the molecule is CCN(CC)CCN1C(=O)C(O)(c2cc3ccccc3cc2Cl)c2c1cc(C#CCCC(=O)N1CCOCC1)cc2C(F)(F)F.Cl. The Morgan fingerprint density at radius 2 is 1.74 bits per heavy atom. The molecule has 0 bridgehead atoms. The van der Waals surface area contributed by atoms with Crippen LogP contribution in [0.5, 0.6) is 0 Å². The molecule has 5 rings (SSSR count). The molecule has 0 radical (unpaired) electrons. The van der Waals surface area contributed by atoms with Gasteiger partial charge in [0.05, 0.1) is 24.5 Å². The lowest BCUT2D eigenvalue weighted by Gasteiger charge is -2.27. The van der Waals surface area contributed by atoms with E-state index in [1.54, 1.807) is 35.2 Å². The summed E-state index contributed by atoms with van der Waals surface area (Å²) in [6.45, 7) is 7.59. The van der Waals surface area contributed by atoms with E-state index in [9.17, 15) is 27.9 Å². The minimum absolute atomic E-state index is 0. The van der Waals surface area contributed by atoms with E-state index >= 15 is 0 Å². The van der Waals surface area contributed by atoms with Gasteiger partial charge in [-0.15, -0.1) is 12.4 Å². The van der Waals surface area contributed by atoms with Crippen LogP contribution in [0.1, 0.15) is 48.9 Å². The summed E-state index contributed by atoms with van der Waals surface area (Å²) in [5, 5.41) is 13.5. The first-order valence-corrected chi connectivity index (χ1v) is 15.4. The normalized spacial score (nSPS) is 18.0. The van der Waals surface area contributed by atoms with Crippen LogP contribution < -0.4 is 4.90 Å². The number of anilines is 1. The monoisotopic (exact) mass is 677 g/mol. The van der Waals surface area contributed by atoms with Gasteiger partial charge in [0.1, 0.15) is 0 Å². The van der Waals surface area contributed by atoms with Crippen molar-refractivity contribution in [3.8, 4) is 11.8 Å². The Balaban J connectivity index is 0.00000480. The van der Waals surface area contributed by atoms with Crippen molar-refractivity contribution in [1.82, 2.24) is 9.80 Å². The smallest absolute Gasteiger partial charge is 0.378 e. The summed E-state index contributed by atoms with van der Waals surface area (Å²) in [7, 11) is 0. The summed E-state index contributed by atoms with van der Waals surface area (Å²) in [6, 6.07) is 12.4. The molecule has 1 N–H and O–H groups in total. The van der Waals surface area contributed by atoms with E-state index in [1.165, 1.54) is 17.0 Å². The molecule has 2 aliphatic rings. The van der Waals surface area contributed by atoms with Crippen LogP contribution in [0.3, 0.4) is 0 Å². The van der Waals surface area contributed by atoms with E-state index in [-0.39, 0.29) is 59.5 Å². The zero-order valence-electron chi connectivity index (χ0n) is 25.6. The Labute approximate surface area is 277 Å². The average Bonchev–Trinajstić information content (AvgIpc) is 3.24. The second kappa shape index (κ2) is 14.6. The minimum Gasteiger partial charge on any atom is -0.378 e. The molecule has 1 unspecified atom stereocenters. The molecule has 0 spiro atoms. The molecule has 3 aromatic carbocycles. The van der Waals surface area contributed by atoms with Crippen LogP contribution in [0.2, 0.25) is 5.02 Å². The summed E-state index contributed by atoms with van der Waals surface area (Å²) in [5.41, 5.74) is -4.59. The number of carbonyl (C=O) groups excluding carboxylic acids is 2. The predicted molar refractivity (Wildman–Crippen MR) is 174 cm³/mol. The first-order chi connectivity index (χ1) is 21.5. The lowest BCUT2D eigenvalue weighted by Crippen LogP contribution is -2.44. The number of morpholine rings is 1. The van der Waals surface area contributed by atoms with E-state index in [0.717, 1.165) is 6.07 Å². The molecule has 2 amide bonds. The maximum Gasteiger partial charge on any atom is 0.416 e. The summed E-state index contributed by atoms with van der Waals surface area (Å²) >= 11 is 6.61. The number of ether oxygens (including phenoxy) is 1. The maximum atomic E-state index is 14.8. The van der Waals surface area contributed by atoms with Crippen molar-refractivity contribution in [2.45, 2.75) is 38.5 Å². The molecule has 12 heteroatoms. The Morgan fingerprint density at radius 3 is 2.37 bits per heavy atom.